The van der Waals surface area contributed by atoms with Gasteiger partial charge in [-0.2, -0.15) is 4.98 Å². The molecule has 8 heteroatoms. The molecule has 138 valence electrons. The summed E-state index contributed by atoms with van der Waals surface area (Å²) in [6, 6.07) is 7.38. The molecule has 8 nitrogen and oxygen atoms in total. The van der Waals surface area contributed by atoms with Gasteiger partial charge in [-0.05, 0) is 18.2 Å². The van der Waals surface area contributed by atoms with Crippen LogP contribution in [0.3, 0.4) is 0 Å². The standard InChI is InChI=1S/C18H23N5O3/c1-13(24)22-8-10-23(11-9-22)17-6-7-19-18(21-17)20-15-5-4-14(25-2)12-16(15)26-3/h4-7,12H,8-11H2,1-3H3,(H,19,20,21). The lowest BCUT2D eigenvalue weighted by atomic mass is 10.2. The van der Waals surface area contributed by atoms with E-state index in [1.54, 1.807) is 33.4 Å². The molecule has 26 heavy (non-hydrogen) atoms. The van der Waals surface area contributed by atoms with Gasteiger partial charge in [-0.3, -0.25) is 4.79 Å². The van der Waals surface area contributed by atoms with Crippen LogP contribution in [0.4, 0.5) is 17.5 Å². The third-order valence-electron chi connectivity index (χ3n) is 4.35. The Balaban J connectivity index is 1.73. The number of rotatable bonds is 5. The Bertz CT molecular complexity index is 775. The van der Waals surface area contributed by atoms with Crippen LogP contribution in [0, 0.1) is 0 Å². The molecule has 0 saturated carbocycles. The van der Waals surface area contributed by atoms with E-state index in [-0.39, 0.29) is 5.91 Å². The van der Waals surface area contributed by atoms with Crippen LogP contribution in [0.15, 0.2) is 30.5 Å². The van der Waals surface area contributed by atoms with Crippen molar-refractivity contribution >= 4 is 23.4 Å². The zero-order valence-corrected chi connectivity index (χ0v) is 15.2. The average molecular weight is 357 g/mol. The number of hydrogen-bond donors (Lipinski definition) is 1. The van der Waals surface area contributed by atoms with E-state index in [9.17, 15) is 4.79 Å². The van der Waals surface area contributed by atoms with Crippen LogP contribution in [0.1, 0.15) is 6.92 Å². The number of piperazine rings is 1. The molecule has 1 aromatic carbocycles. The van der Waals surface area contributed by atoms with E-state index in [0.717, 1.165) is 24.6 Å². The predicted octanol–water partition coefficient (Wildman–Crippen LogP) is 1.91. The number of anilines is 3. The van der Waals surface area contributed by atoms with E-state index in [4.69, 9.17) is 9.47 Å². The van der Waals surface area contributed by atoms with Crippen molar-refractivity contribution in [2.75, 3.05) is 50.6 Å². The summed E-state index contributed by atoms with van der Waals surface area (Å²) < 4.78 is 10.6. The quantitative estimate of drug-likeness (QED) is 0.875. The molecule has 1 aliphatic heterocycles. The second kappa shape index (κ2) is 7.90. The second-order valence-corrected chi connectivity index (χ2v) is 5.92. The van der Waals surface area contributed by atoms with Gasteiger partial charge in [0.25, 0.3) is 0 Å². The van der Waals surface area contributed by atoms with Gasteiger partial charge in [0.1, 0.15) is 17.3 Å². The molecule has 0 radical (unpaired) electrons. The Morgan fingerprint density at radius 1 is 1.12 bits per heavy atom. The molecular formula is C18H23N5O3. The van der Waals surface area contributed by atoms with Gasteiger partial charge in [-0.15, -0.1) is 0 Å². The minimum absolute atomic E-state index is 0.112. The monoisotopic (exact) mass is 357 g/mol. The first-order chi connectivity index (χ1) is 12.6. The van der Waals surface area contributed by atoms with Gasteiger partial charge in [0.2, 0.25) is 11.9 Å². The van der Waals surface area contributed by atoms with Gasteiger partial charge in [0.15, 0.2) is 0 Å². The molecule has 2 aromatic rings. The lowest BCUT2D eigenvalue weighted by Crippen LogP contribution is -2.48. The van der Waals surface area contributed by atoms with Crippen LogP contribution in [-0.4, -0.2) is 61.2 Å². The summed E-state index contributed by atoms with van der Waals surface area (Å²) in [6.45, 7) is 4.51. The number of amides is 1. The summed E-state index contributed by atoms with van der Waals surface area (Å²) in [5.41, 5.74) is 0.756. The molecule has 0 atom stereocenters. The molecule has 0 aliphatic carbocycles. The van der Waals surface area contributed by atoms with Crippen molar-refractivity contribution in [2.24, 2.45) is 0 Å². The van der Waals surface area contributed by atoms with Crippen LogP contribution >= 0.6 is 0 Å². The molecule has 3 rings (SSSR count). The number of nitrogens with one attached hydrogen (secondary N) is 1. The second-order valence-electron chi connectivity index (χ2n) is 5.92. The SMILES string of the molecule is COc1ccc(Nc2nccc(N3CCN(C(C)=O)CC3)n2)c(OC)c1. The van der Waals surface area contributed by atoms with Crippen LogP contribution in [0.25, 0.3) is 0 Å². The minimum Gasteiger partial charge on any atom is -0.497 e. The number of aromatic nitrogens is 2. The summed E-state index contributed by atoms with van der Waals surface area (Å²) in [5.74, 6) is 2.79. The fourth-order valence-corrected chi connectivity index (χ4v) is 2.86. The first-order valence-electron chi connectivity index (χ1n) is 8.43. The molecule has 1 fully saturated rings. The number of ether oxygens (including phenoxy) is 2. The molecular weight excluding hydrogens is 334 g/mol. The first kappa shape index (κ1) is 17.8. The summed E-state index contributed by atoms with van der Waals surface area (Å²) in [4.78, 5) is 24.3. The van der Waals surface area contributed by atoms with Gasteiger partial charge in [-0.1, -0.05) is 0 Å². The normalized spacial score (nSPS) is 14.1. The Morgan fingerprint density at radius 2 is 1.88 bits per heavy atom. The lowest BCUT2D eigenvalue weighted by molar-refractivity contribution is -0.129. The number of carbonyl (C=O) groups excluding carboxylic acids is 1. The highest BCUT2D eigenvalue weighted by atomic mass is 16.5. The largest absolute Gasteiger partial charge is 0.497 e. The maximum atomic E-state index is 11.5. The highest BCUT2D eigenvalue weighted by molar-refractivity contribution is 5.73. The number of nitrogens with zero attached hydrogens (tertiary/aromatic N) is 4. The first-order valence-corrected chi connectivity index (χ1v) is 8.43. The molecule has 1 aliphatic rings. The third kappa shape index (κ3) is 3.96. The van der Waals surface area contributed by atoms with E-state index >= 15 is 0 Å². The Labute approximate surface area is 152 Å². The van der Waals surface area contributed by atoms with Gasteiger partial charge in [0, 0.05) is 45.4 Å². The zero-order chi connectivity index (χ0) is 18.5. The van der Waals surface area contributed by atoms with Crippen LogP contribution < -0.4 is 19.7 Å². The predicted molar refractivity (Wildman–Crippen MR) is 99.3 cm³/mol. The van der Waals surface area contributed by atoms with Gasteiger partial charge < -0.3 is 24.6 Å². The molecule has 1 N–H and O–H groups in total. The third-order valence-corrected chi connectivity index (χ3v) is 4.35. The van der Waals surface area contributed by atoms with Crippen molar-refractivity contribution in [3.63, 3.8) is 0 Å². The van der Waals surface area contributed by atoms with Crippen molar-refractivity contribution in [2.45, 2.75) is 6.92 Å². The number of benzene rings is 1. The summed E-state index contributed by atoms with van der Waals surface area (Å²) in [7, 11) is 3.21. The molecule has 0 spiro atoms. The van der Waals surface area contributed by atoms with Crippen molar-refractivity contribution in [3.05, 3.63) is 30.5 Å². The summed E-state index contributed by atoms with van der Waals surface area (Å²) in [6.07, 6.45) is 1.72. The fourth-order valence-electron chi connectivity index (χ4n) is 2.86. The van der Waals surface area contributed by atoms with Gasteiger partial charge in [-0.25, -0.2) is 4.98 Å². The van der Waals surface area contributed by atoms with Crippen molar-refractivity contribution in [1.82, 2.24) is 14.9 Å². The summed E-state index contributed by atoms with van der Waals surface area (Å²) >= 11 is 0. The molecule has 0 unspecified atom stereocenters. The fraction of sp³-hybridized carbons (Fsp3) is 0.389. The smallest absolute Gasteiger partial charge is 0.229 e. The molecule has 1 amide bonds. The molecule has 0 bridgehead atoms. The van der Waals surface area contributed by atoms with E-state index in [1.807, 2.05) is 23.1 Å². The van der Waals surface area contributed by atoms with E-state index in [0.29, 0.717) is 30.5 Å². The lowest BCUT2D eigenvalue weighted by Gasteiger charge is -2.34. The Hall–Kier alpha value is -3.03. The molecule has 2 heterocycles. The zero-order valence-electron chi connectivity index (χ0n) is 15.2. The number of hydrogen-bond acceptors (Lipinski definition) is 7. The maximum Gasteiger partial charge on any atom is 0.229 e. The number of methoxy groups -OCH3 is 2. The average Bonchev–Trinajstić information content (AvgIpc) is 2.68. The highest BCUT2D eigenvalue weighted by Crippen LogP contribution is 2.30. The van der Waals surface area contributed by atoms with Gasteiger partial charge in [0.05, 0.1) is 19.9 Å². The summed E-state index contributed by atoms with van der Waals surface area (Å²) in [5, 5.41) is 3.19. The maximum absolute atomic E-state index is 11.5. The van der Waals surface area contributed by atoms with E-state index < -0.39 is 0 Å². The number of carbonyl (C=O) groups is 1. The molecule has 1 aromatic heterocycles. The highest BCUT2D eigenvalue weighted by Gasteiger charge is 2.20. The van der Waals surface area contributed by atoms with E-state index in [2.05, 4.69) is 20.2 Å². The van der Waals surface area contributed by atoms with Crippen molar-refractivity contribution in [3.8, 4) is 11.5 Å². The Morgan fingerprint density at radius 3 is 2.54 bits per heavy atom. The topological polar surface area (TPSA) is 79.8 Å². The molecule has 1 saturated heterocycles. The van der Waals surface area contributed by atoms with Gasteiger partial charge >= 0.3 is 0 Å². The van der Waals surface area contributed by atoms with Crippen LogP contribution in [0.5, 0.6) is 11.5 Å². The van der Waals surface area contributed by atoms with Crippen molar-refractivity contribution in [1.29, 1.82) is 0 Å². The van der Waals surface area contributed by atoms with Crippen LogP contribution in [0.2, 0.25) is 0 Å². The van der Waals surface area contributed by atoms with Crippen molar-refractivity contribution < 1.29 is 14.3 Å². The minimum atomic E-state index is 0.112. The van der Waals surface area contributed by atoms with E-state index in [1.165, 1.54) is 0 Å². The van der Waals surface area contributed by atoms with Crippen LogP contribution in [-0.2, 0) is 4.79 Å². The Kier molecular flexibility index (Phi) is 5.40.